The lowest BCUT2D eigenvalue weighted by Crippen LogP contribution is -2.50. The van der Waals surface area contributed by atoms with Crippen LogP contribution in [0.3, 0.4) is 0 Å². The van der Waals surface area contributed by atoms with Crippen LogP contribution in [0.15, 0.2) is 35.3 Å². The minimum absolute atomic E-state index is 0.266. The standard InChI is InChI=1S/C23H38N4/c1-23(2,15-7-10-19-8-5-4-6-9-19)18-25-22(24-3)26-20-13-16-27(17-14-20)21-11-12-21/h4-6,8-9,20-21H,7,10-18H2,1-3H3,(H2,24,25,26). The van der Waals surface area contributed by atoms with Crippen LogP contribution in [0.5, 0.6) is 0 Å². The van der Waals surface area contributed by atoms with E-state index >= 15 is 0 Å². The molecule has 27 heavy (non-hydrogen) atoms. The average molecular weight is 371 g/mol. The molecule has 1 aliphatic carbocycles. The lowest BCUT2D eigenvalue weighted by Gasteiger charge is -2.33. The predicted molar refractivity (Wildman–Crippen MR) is 115 cm³/mol. The highest BCUT2D eigenvalue weighted by molar-refractivity contribution is 5.80. The van der Waals surface area contributed by atoms with Crippen molar-refractivity contribution in [2.24, 2.45) is 10.4 Å². The number of hydrogen-bond acceptors (Lipinski definition) is 2. The van der Waals surface area contributed by atoms with Gasteiger partial charge in [0.2, 0.25) is 0 Å². The molecule has 1 aliphatic heterocycles. The molecule has 1 aromatic carbocycles. The summed E-state index contributed by atoms with van der Waals surface area (Å²) in [6, 6.07) is 12.3. The van der Waals surface area contributed by atoms with E-state index in [0.29, 0.717) is 6.04 Å². The molecule has 2 aliphatic rings. The number of aliphatic imine (C=N–C) groups is 1. The summed E-state index contributed by atoms with van der Waals surface area (Å²) in [7, 11) is 1.89. The van der Waals surface area contributed by atoms with Crippen molar-refractivity contribution >= 4 is 5.96 Å². The Bertz CT molecular complexity index is 584. The lowest BCUT2D eigenvalue weighted by atomic mass is 9.86. The van der Waals surface area contributed by atoms with Crippen molar-refractivity contribution in [3.8, 4) is 0 Å². The largest absolute Gasteiger partial charge is 0.356 e. The van der Waals surface area contributed by atoms with Crippen LogP contribution in [0.4, 0.5) is 0 Å². The fourth-order valence-corrected chi connectivity index (χ4v) is 4.06. The highest BCUT2D eigenvalue weighted by Gasteiger charge is 2.32. The van der Waals surface area contributed by atoms with Crippen LogP contribution >= 0.6 is 0 Å². The van der Waals surface area contributed by atoms with E-state index in [4.69, 9.17) is 0 Å². The van der Waals surface area contributed by atoms with E-state index in [1.54, 1.807) is 0 Å². The number of nitrogens with one attached hydrogen (secondary N) is 2. The summed E-state index contributed by atoms with van der Waals surface area (Å²) in [5.41, 5.74) is 1.71. The molecule has 4 heteroatoms. The Kier molecular flexibility index (Phi) is 7.17. The van der Waals surface area contributed by atoms with Gasteiger partial charge in [0.05, 0.1) is 0 Å². The van der Waals surface area contributed by atoms with E-state index in [2.05, 4.69) is 64.7 Å². The number of piperidine rings is 1. The summed E-state index contributed by atoms with van der Waals surface area (Å²) in [6.45, 7) is 8.15. The molecule has 1 saturated heterocycles. The van der Waals surface area contributed by atoms with Crippen molar-refractivity contribution in [3.05, 3.63) is 35.9 Å². The highest BCUT2D eigenvalue weighted by Crippen LogP contribution is 2.29. The predicted octanol–water partition coefficient (Wildman–Crippen LogP) is 3.83. The SMILES string of the molecule is CN=C(NCC(C)(C)CCCc1ccccc1)NC1CCN(C2CC2)CC1. The summed E-state index contributed by atoms with van der Waals surface area (Å²) in [4.78, 5) is 7.13. The second kappa shape index (κ2) is 9.59. The summed E-state index contributed by atoms with van der Waals surface area (Å²) in [6.07, 6.45) is 8.91. The average Bonchev–Trinajstić information content (AvgIpc) is 3.52. The monoisotopic (exact) mass is 370 g/mol. The van der Waals surface area contributed by atoms with Gasteiger partial charge in [-0.15, -0.1) is 0 Å². The Balaban J connectivity index is 1.35. The zero-order valence-electron chi connectivity index (χ0n) is 17.5. The summed E-state index contributed by atoms with van der Waals surface area (Å²) >= 11 is 0. The van der Waals surface area contributed by atoms with Crippen molar-refractivity contribution in [2.75, 3.05) is 26.7 Å². The van der Waals surface area contributed by atoms with Gasteiger partial charge >= 0.3 is 0 Å². The topological polar surface area (TPSA) is 39.7 Å². The summed E-state index contributed by atoms with van der Waals surface area (Å²) in [5.74, 6) is 0.969. The van der Waals surface area contributed by atoms with Gasteiger partial charge in [0, 0.05) is 38.8 Å². The van der Waals surface area contributed by atoms with Gasteiger partial charge in [-0.3, -0.25) is 4.99 Å². The molecular formula is C23H38N4. The first-order valence-electron chi connectivity index (χ1n) is 10.8. The quantitative estimate of drug-likeness (QED) is 0.540. The van der Waals surface area contributed by atoms with Gasteiger partial charge < -0.3 is 15.5 Å². The molecule has 1 saturated carbocycles. The third-order valence-electron chi connectivity index (χ3n) is 6.05. The first-order chi connectivity index (χ1) is 13.1. The van der Waals surface area contributed by atoms with Gasteiger partial charge in [-0.2, -0.15) is 0 Å². The fourth-order valence-electron chi connectivity index (χ4n) is 4.06. The van der Waals surface area contributed by atoms with Crippen LogP contribution in [-0.4, -0.2) is 49.6 Å². The normalized spacial score (nSPS) is 19.9. The molecule has 1 heterocycles. The Morgan fingerprint density at radius 1 is 1.11 bits per heavy atom. The number of likely N-dealkylation sites (tertiary alicyclic amines) is 1. The Morgan fingerprint density at radius 2 is 1.81 bits per heavy atom. The van der Waals surface area contributed by atoms with Crippen LogP contribution in [0.1, 0.15) is 57.9 Å². The van der Waals surface area contributed by atoms with Crippen molar-refractivity contribution < 1.29 is 0 Å². The molecule has 0 bridgehead atoms. The molecule has 150 valence electrons. The Hall–Kier alpha value is -1.55. The van der Waals surface area contributed by atoms with E-state index in [9.17, 15) is 0 Å². The third kappa shape index (κ3) is 6.84. The third-order valence-corrected chi connectivity index (χ3v) is 6.05. The summed E-state index contributed by atoms with van der Waals surface area (Å²) in [5, 5.41) is 7.23. The van der Waals surface area contributed by atoms with E-state index in [1.807, 2.05) is 7.05 Å². The zero-order chi connectivity index (χ0) is 19.1. The lowest BCUT2D eigenvalue weighted by molar-refractivity contribution is 0.197. The maximum atomic E-state index is 4.46. The van der Waals surface area contributed by atoms with Gasteiger partial charge in [-0.25, -0.2) is 0 Å². The first kappa shape index (κ1) is 20.2. The molecule has 0 unspecified atom stereocenters. The van der Waals surface area contributed by atoms with Crippen LogP contribution in [0.2, 0.25) is 0 Å². The summed E-state index contributed by atoms with van der Waals surface area (Å²) < 4.78 is 0. The van der Waals surface area contributed by atoms with Crippen molar-refractivity contribution in [1.82, 2.24) is 15.5 Å². The molecule has 0 amide bonds. The zero-order valence-corrected chi connectivity index (χ0v) is 17.5. The molecule has 0 atom stereocenters. The smallest absolute Gasteiger partial charge is 0.191 e. The molecule has 0 spiro atoms. The number of benzene rings is 1. The number of aryl methyl sites for hydroxylation is 1. The molecule has 3 rings (SSSR count). The second-order valence-electron chi connectivity index (χ2n) is 9.11. The van der Waals surface area contributed by atoms with E-state index in [1.165, 1.54) is 57.2 Å². The van der Waals surface area contributed by atoms with Gasteiger partial charge in [-0.05, 0) is 55.9 Å². The first-order valence-corrected chi connectivity index (χ1v) is 10.8. The van der Waals surface area contributed by atoms with Crippen molar-refractivity contribution in [1.29, 1.82) is 0 Å². The van der Waals surface area contributed by atoms with E-state index in [-0.39, 0.29) is 5.41 Å². The second-order valence-corrected chi connectivity index (χ2v) is 9.11. The molecule has 1 aromatic rings. The van der Waals surface area contributed by atoms with Crippen molar-refractivity contribution in [2.45, 2.75) is 70.9 Å². The molecule has 2 N–H and O–H groups in total. The van der Waals surface area contributed by atoms with E-state index < -0.39 is 0 Å². The van der Waals surface area contributed by atoms with Gasteiger partial charge in [0.1, 0.15) is 0 Å². The van der Waals surface area contributed by atoms with E-state index in [0.717, 1.165) is 25.0 Å². The van der Waals surface area contributed by atoms with Crippen LogP contribution in [0.25, 0.3) is 0 Å². The van der Waals surface area contributed by atoms with Gasteiger partial charge in [0.15, 0.2) is 5.96 Å². The number of nitrogens with zero attached hydrogens (tertiary/aromatic N) is 2. The molecule has 4 nitrogen and oxygen atoms in total. The molecule has 2 fully saturated rings. The minimum atomic E-state index is 0.266. The Labute approximate surface area is 165 Å². The fraction of sp³-hybridized carbons (Fsp3) is 0.696. The van der Waals surface area contributed by atoms with Crippen LogP contribution in [0, 0.1) is 5.41 Å². The molecule has 0 radical (unpaired) electrons. The number of rotatable bonds is 8. The van der Waals surface area contributed by atoms with Crippen LogP contribution in [-0.2, 0) is 6.42 Å². The maximum Gasteiger partial charge on any atom is 0.191 e. The number of hydrogen-bond donors (Lipinski definition) is 2. The molecule has 0 aromatic heterocycles. The van der Waals surface area contributed by atoms with Crippen LogP contribution < -0.4 is 10.6 Å². The maximum absolute atomic E-state index is 4.46. The Morgan fingerprint density at radius 3 is 2.44 bits per heavy atom. The van der Waals surface area contributed by atoms with Gasteiger partial charge in [-0.1, -0.05) is 44.2 Å². The molecular weight excluding hydrogens is 332 g/mol. The number of guanidine groups is 1. The van der Waals surface area contributed by atoms with Crippen molar-refractivity contribution in [3.63, 3.8) is 0 Å². The highest BCUT2D eigenvalue weighted by atomic mass is 15.2. The minimum Gasteiger partial charge on any atom is -0.356 e. The van der Waals surface area contributed by atoms with Gasteiger partial charge in [0.25, 0.3) is 0 Å².